The van der Waals surface area contributed by atoms with Crippen LogP contribution in [-0.4, -0.2) is 48.8 Å². The lowest BCUT2D eigenvalue weighted by molar-refractivity contribution is -0.130. The molecule has 0 aromatic heterocycles. The van der Waals surface area contributed by atoms with E-state index >= 15 is 0 Å². The van der Waals surface area contributed by atoms with E-state index in [-0.39, 0.29) is 24.5 Å². The van der Waals surface area contributed by atoms with Crippen LogP contribution in [0, 0.1) is 5.92 Å². The molecule has 1 heterocycles. The first-order valence-electron chi connectivity index (χ1n) is 4.58. The van der Waals surface area contributed by atoms with Gasteiger partial charge in [0, 0.05) is 32.6 Å². The number of aliphatic hydroxyl groups excluding tert-OH is 1. The highest BCUT2D eigenvalue weighted by atomic mass is 16.5. The molecule has 0 spiro atoms. The van der Waals surface area contributed by atoms with Crippen LogP contribution in [0.15, 0.2) is 0 Å². The second-order valence-electron chi connectivity index (χ2n) is 3.60. The number of amides is 1. The fourth-order valence-corrected chi connectivity index (χ4v) is 1.69. The standard InChI is InChI=1S/C9H17NO3/c1-7(6-13-2)10-4-8(5-11)3-9(10)12/h7-8,11H,3-6H2,1-2H3. The van der Waals surface area contributed by atoms with E-state index in [4.69, 9.17) is 9.84 Å². The molecule has 0 radical (unpaired) electrons. The third kappa shape index (κ3) is 2.42. The van der Waals surface area contributed by atoms with Gasteiger partial charge in [-0.25, -0.2) is 0 Å². The lowest BCUT2D eigenvalue weighted by Crippen LogP contribution is -2.37. The zero-order valence-electron chi connectivity index (χ0n) is 8.19. The highest BCUT2D eigenvalue weighted by Gasteiger charge is 2.31. The van der Waals surface area contributed by atoms with Gasteiger partial charge in [-0.3, -0.25) is 4.79 Å². The second-order valence-corrected chi connectivity index (χ2v) is 3.60. The van der Waals surface area contributed by atoms with E-state index in [1.54, 1.807) is 12.0 Å². The third-order valence-corrected chi connectivity index (χ3v) is 2.44. The molecule has 1 saturated heterocycles. The molecule has 0 aromatic carbocycles. The molecule has 2 unspecified atom stereocenters. The van der Waals surface area contributed by atoms with Crippen molar-refractivity contribution in [2.45, 2.75) is 19.4 Å². The van der Waals surface area contributed by atoms with Crippen molar-refractivity contribution >= 4 is 5.91 Å². The predicted molar refractivity (Wildman–Crippen MR) is 48.2 cm³/mol. The van der Waals surface area contributed by atoms with Crippen LogP contribution in [0.4, 0.5) is 0 Å². The van der Waals surface area contributed by atoms with Gasteiger partial charge in [0.2, 0.25) is 5.91 Å². The molecular formula is C9H17NO3. The van der Waals surface area contributed by atoms with Crippen LogP contribution in [0.3, 0.4) is 0 Å². The quantitative estimate of drug-likeness (QED) is 0.666. The van der Waals surface area contributed by atoms with Gasteiger partial charge in [-0.1, -0.05) is 0 Å². The Labute approximate surface area is 78.5 Å². The highest BCUT2D eigenvalue weighted by molar-refractivity contribution is 5.78. The Morgan fingerprint density at radius 1 is 1.77 bits per heavy atom. The second kappa shape index (κ2) is 4.58. The van der Waals surface area contributed by atoms with Crippen LogP contribution in [0.5, 0.6) is 0 Å². The van der Waals surface area contributed by atoms with Gasteiger partial charge in [0.05, 0.1) is 12.6 Å². The number of nitrogens with zero attached hydrogens (tertiary/aromatic N) is 1. The van der Waals surface area contributed by atoms with Gasteiger partial charge < -0.3 is 14.7 Å². The number of aliphatic hydroxyl groups is 1. The van der Waals surface area contributed by atoms with Crippen LogP contribution >= 0.6 is 0 Å². The van der Waals surface area contributed by atoms with Crippen molar-refractivity contribution < 1.29 is 14.6 Å². The Kier molecular flexibility index (Phi) is 3.69. The lowest BCUT2D eigenvalue weighted by atomic mass is 10.1. The SMILES string of the molecule is COCC(C)N1CC(CO)CC1=O. The van der Waals surface area contributed by atoms with Crippen molar-refractivity contribution in [3.05, 3.63) is 0 Å². The number of carbonyl (C=O) groups excluding carboxylic acids is 1. The number of hydrogen-bond donors (Lipinski definition) is 1. The van der Waals surface area contributed by atoms with Crippen molar-refractivity contribution in [1.29, 1.82) is 0 Å². The number of ether oxygens (including phenoxy) is 1. The van der Waals surface area contributed by atoms with Gasteiger partial charge in [-0.15, -0.1) is 0 Å². The molecule has 4 heteroatoms. The minimum absolute atomic E-state index is 0.0991. The summed E-state index contributed by atoms with van der Waals surface area (Å²) in [6.07, 6.45) is 0.477. The van der Waals surface area contributed by atoms with Crippen LogP contribution in [0.2, 0.25) is 0 Å². The molecule has 2 atom stereocenters. The zero-order valence-corrected chi connectivity index (χ0v) is 8.19. The zero-order chi connectivity index (χ0) is 9.84. The molecule has 0 aromatic rings. The van der Waals surface area contributed by atoms with E-state index in [0.29, 0.717) is 19.6 Å². The normalized spacial score (nSPS) is 25.3. The first-order chi connectivity index (χ1) is 6.19. The number of rotatable bonds is 4. The molecule has 1 N–H and O–H groups in total. The molecule has 1 aliphatic rings. The van der Waals surface area contributed by atoms with Gasteiger partial charge in [-0.05, 0) is 6.92 Å². The molecule has 1 aliphatic heterocycles. The third-order valence-electron chi connectivity index (χ3n) is 2.44. The average molecular weight is 187 g/mol. The summed E-state index contributed by atoms with van der Waals surface area (Å²) in [7, 11) is 1.63. The van der Waals surface area contributed by atoms with E-state index in [0.717, 1.165) is 0 Å². The minimum Gasteiger partial charge on any atom is -0.396 e. The molecular weight excluding hydrogens is 170 g/mol. The number of methoxy groups -OCH3 is 1. The van der Waals surface area contributed by atoms with E-state index in [9.17, 15) is 4.79 Å². The van der Waals surface area contributed by atoms with Crippen LogP contribution in [-0.2, 0) is 9.53 Å². The molecule has 0 saturated carbocycles. The molecule has 76 valence electrons. The van der Waals surface area contributed by atoms with E-state index in [1.807, 2.05) is 6.92 Å². The van der Waals surface area contributed by atoms with Crippen LogP contribution < -0.4 is 0 Å². The Balaban J connectivity index is 2.46. The monoisotopic (exact) mass is 187 g/mol. The summed E-state index contributed by atoms with van der Waals surface area (Å²) >= 11 is 0. The fourth-order valence-electron chi connectivity index (χ4n) is 1.69. The summed E-state index contributed by atoms with van der Waals surface area (Å²) < 4.78 is 4.98. The van der Waals surface area contributed by atoms with Gasteiger partial charge in [0.1, 0.15) is 0 Å². The summed E-state index contributed by atoms with van der Waals surface area (Å²) in [6.45, 7) is 3.28. The first kappa shape index (κ1) is 10.5. The number of hydrogen-bond acceptors (Lipinski definition) is 3. The molecule has 0 bridgehead atoms. The number of likely N-dealkylation sites (tertiary alicyclic amines) is 1. The summed E-state index contributed by atoms with van der Waals surface area (Å²) in [5.74, 6) is 0.246. The van der Waals surface area contributed by atoms with E-state index in [2.05, 4.69) is 0 Å². The summed E-state index contributed by atoms with van der Waals surface area (Å²) in [6, 6.07) is 0.119. The molecule has 1 fully saturated rings. The average Bonchev–Trinajstić information content (AvgIpc) is 2.47. The predicted octanol–water partition coefficient (Wildman–Crippen LogP) is -0.138. The van der Waals surface area contributed by atoms with Gasteiger partial charge in [-0.2, -0.15) is 0 Å². The minimum atomic E-state index is 0.0991. The summed E-state index contributed by atoms with van der Waals surface area (Å²) in [4.78, 5) is 13.2. The maximum atomic E-state index is 11.4. The van der Waals surface area contributed by atoms with Crippen molar-refractivity contribution in [2.75, 3.05) is 26.9 Å². The Morgan fingerprint density at radius 2 is 2.46 bits per heavy atom. The van der Waals surface area contributed by atoms with E-state index < -0.39 is 0 Å². The van der Waals surface area contributed by atoms with Crippen molar-refractivity contribution in [3.63, 3.8) is 0 Å². The summed E-state index contributed by atoms with van der Waals surface area (Å²) in [5, 5.41) is 8.90. The largest absolute Gasteiger partial charge is 0.396 e. The van der Waals surface area contributed by atoms with Gasteiger partial charge >= 0.3 is 0 Å². The summed E-state index contributed by atoms with van der Waals surface area (Å²) in [5.41, 5.74) is 0. The number of carbonyl (C=O) groups is 1. The fraction of sp³-hybridized carbons (Fsp3) is 0.889. The molecule has 1 rings (SSSR count). The van der Waals surface area contributed by atoms with E-state index in [1.165, 1.54) is 0 Å². The highest BCUT2D eigenvalue weighted by Crippen LogP contribution is 2.19. The first-order valence-corrected chi connectivity index (χ1v) is 4.58. The molecule has 13 heavy (non-hydrogen) atoms. The maximum absolute atomic E-state index is 11.4. The molecule has 1 amide bonds. The Hall–Kier alpha value is -0.610. The smallest absolute Gasteiger partial charge is 0.223 e. The Bertz CT molecular complexity index is 184. The molecule has 4 nitrogen and oxygen atoms in total. The van der Waals surface area contributed by atoms with Crippen molar-refractivity contribution in [2.24, 2.45) is 5.92 Å². The van der Waals surface area contributed by atoms with Crippen LogP contribution in [0.1, 0.15) is 13.3 Å². The molecule has 0 aliphatic carbocycles. The maximum Gasteiger partial charge on any atom is 0.223 e. The topological polar surface area (TPSA) is 49.8 Å². The lowest BCUT2D eigenvalue weighted by Gasteiger charge is -2.23. The Morgan fingerprint density at radius 3 is 2.92 bits per heavy atom. The van der Waals surface area contributed by atoms with Crippen molar-refractivity contribution in [1.82, 2.24) is 4.90 Å². The van der Waals surface area contributed by atoms with Gasteiger partial charge in [0.15, 0.2) is 0 Å². The van der Waals surface area contributed by atoms with Gasteiger partial charge in [0.25, 0.3) is 0 Å². The van der Waals surface area contributed by atoms with Crippen molar-refractivity contribution in [3.8, 4) is 0 Å². The van der Waals surface area contributed by atoms with Crippen LogP contribution in [0.25, 0.3) is 0 Å².